The fourth-order valence-electron chi connectivity index (χ4n) is 3.46. The molecule has 0 saturated heterocycles. The van der Waals surface area contributed by atoms with Gasteiger partial charge >= 0.3 is 24.2 Å². The van der Waals surface area contributed by atoms with Crippen molar-refractivity contribution in [1.82, 2.24) is 4.98 Å². The van der Waals surface area contributed by atoms with E-state index in [0.29, 0.717) is 6.07 Å². The number of nitrogens with one attached hydrogen (secondary N) is 1. The molecule has 0 unspecified atom stereocenters. The SMILES string of the molecule is NC(=O)c1ccc(-c2cc(C(=O)Nc3c(Br)cc(C(F)(C(F)(F)F)C(F)(F)F)cc3C(F)(F)F)ccc2F)nc1Cl. The second kappa shape index (κ2) is 10.7. The summed E-state index contributed by atoms with van der Waals surface area (Å²) in [6.45, 7) is 0. The minimum absolute atomic E-state index is 0.214. The summed E-state index contributed by atoms with van der Waals surface area (Å²) in [7, 11) is 0. The molecule has 5 nitrogen and oxygen atoms in total. The number of carbonyl (C=O) groups is 2. The average molecular weight is 685 g/mol. The van der Waals surface area contributed by atoms with Crippen LogP contribution in [0, 0.1) is 5.82 Å². The monoisotopic (exact) mass is 683 g/mol. The Balaban J connectivity index is 2.11. The molecule has 2 amide bonds. The van der Waals surface area contributed by atoms with E-state index in [2.05, 4.69) is 20.9 Å². The van der Waals surface area contributed by atoms with Gasteiger partial charge in [-0.1, -0.05) is 11.6 Å². The van der Waals surface area contributed by atoms with Crippen molar-refractivity contribution >= 4 is 45.0 Å². The number of benzene rings is 2. The molecule has 18 heteroatoms. The molecule has 3 N–H and O–H groups in total. The van der Waals surface area contributed by atoms with Crippen LogP contribution in [0.3, 0.4) is 0 Å². The second-order valence-corrected chi connectivity index (χ2v) is 9.29. The highest BCUT2D eigenvalue weighted by molar-refractivity contribution is 9.10. The van der Waals surface area contributed by atoms with E-state index < -0.39 is 85.5 Å². The number of alkyl halides is 10. The van der Waals surface area contributed by atoms with Gasteiger partial charge in [0.25, 0.3) is 11.8 Å². The summed E-state index contributed by atoms with van der Waals surface area (Å²) < 4.78 is 148. The fraction of sp³-hybridized carbons (Fsp3) is 0.174. The predicted octanol–water partition coefficient (Wildman–Crippen LogP) is 7.96. The Bertz CT molecular complexity index is 1520. The van der Waals surface area contributed by atoms with Gasteiger partial charge in [-0.25, -0.2) is 13.8 Å². The summed E-state index contributed by atoms with van der Waals surface area (Å²) in [5.41, 5.74) is -8.70. The Hall–Kier alpha value is -3.47. The van der Waals surface area contributed by atoms with Gasteiger partial charge in [0.1, 0.15) is 11.0 Å². The lowest BCUT2D eigenvalue weighted by Gasteiger charge is -2.31. The lowest BCUT2D eigenvalue weighted by molar-refractivity contribution is -0.348. The molecule has 0 saturated carbocycles. The topological polar surface area (TPSA) is 85.1 Å². The number of nitrogens with zero attached hydrogens (tertiary/aromatic N) is 1. The van der Waals surface area contributed by atoms with Gasteiger partial charge in [0.05, 0.1) is 22.5 Å². The number of halogens is 13. The number of primary amides is 1. The third-order valence-corrected chi connectivity index (χ3v) is 6.35. The predicted molar refractivity (Wildman–Crippen MR) is 125 cm³/mol. The molecular weight excluding hydrogens is 675 g/mol. The molecular formula is C23H10BrClF11N3O2. The van der Waals surface area contributed by atoms with Gasteiger partial charge in [-0.2, -0.15) is 39.5 Å². The molecule has 0 aliphatic rings. The zero-order valence-electron chi connectivity index (χ0n) is 19.3. The van der Waals surface area contributed by atoms with Gasteiger partial charge in [-0.05, 0) is 58.4 Å². The molecule has 0 fully saturated rings. The van der Waals surface area contributed by atoms with E-state index in [1.54, 1.807) is 5.32 Å². The quantitative estimate of drug-likeness (QED) is 0.211. The van der Waals surface area contributed by atoms with Crippen molar-refractivity contribution < 1.29 is 57.9 Å². The smallest absolute Gasteiger partial charge is 0.366 e. The molecule has 2 aromatic carbocycles. The van der Waals surface area contributed by atoms with E-state index >= 15 is 0 Å². The first-order valence-corrected chi connectivity index (χ1v) is 11.6. The molecule has 41 heavy (non-hydrogen) atoms. The van der Waals surface area contributed by atoms with Crippen LogP contribution >= 0.6 is 27.5 Å². The molecule has 0 aliphatic heterocycles. The van der Waals surface area contributed by atoms with Gasteiger partial charge < -0.3 is 11.1 Å². The maximum atomic E-state index is 14.5. The molecule has 3 aromatic rings. The van der Waals surface area contributed by atoms with Crippen molar-refractivity contribution in [2.75, 3.05) is 5.32 Å². The third-order valence-electron chi connectivity index (χ3n) is 5.43. The molecule has 0 radical (unpaired) electrons. The van der Waals surface area contributed by atoms with E-state index in [-0.39, 0.29) is 17.3 Å². The number of aromatic nitrogens is 1. The Morgan fingerprint density at radius 2 is 1.46 bits per heavy atom. The summed E-state index contributed by atoms with van der Waals surface area (Å²) in [6.07, 6.45) is -19.1. The van der Waals surface area contributed by atoms with E-state index in [1.807, 2.05) is 0 Å². The standard InChI is InChI=1S/C23H10BrClF11N3O2/c24-13-7-9(20(27,22(31,32)33)23(34,35)36)6-12(21(28,29)30)16(13)39-19(41)8-1-3-14(26)11(5-8)15-4-2-10(18(37)40)17(25)38-15/h1-7H,(H2,37,40)(H,39,41). The van der Waals surface area contributed by atoms with Crippen molar-refractivity contribution in [3.05, 3.63) is 80.2 Å². The van der Waals surface area contributed by atoms with Crippen LogP contribution in [-0.4, -0.2) is 29.2 Å². The van der Waals surface area contributed by atoms with Gasteiger partial charge in [0.15, 0.2) is 0 Å². The summed E-state index contributed by atoms with van der Waals surface area (Å²) in [6, 6.07) is 3.45. The van der Waals surface area contributed by atoms with E-state index in [4.69, 9.17) is 17.3 Å². The Kier molecular flexibility index (Phi) is 8.39. The van der Waals surface area contributed by atoms with Crippen molar-refractivity contribution in [1.29, 1.82) is 0 Å². The molecule has 0 aliphatic carbocycles. The number of pyridine rings is 1. The Labute approximate surface area is 234 Å². The van der Waals surface area contributed by atoms with Crippen LogP contribution in [0.25, 0.3) is 11.3 Å². The molecule has 3 rings (SSSR count). The number of anilines is 1. The maximum Gasteiger partial charge on any atom is 0.435 e. The van der Waals surface area contributed by atoms with Crippen molar-refractivity contribution in [2.24, 2.45) is 5.73 Å². The highest BCUT2D eigenvalue weighted by Gasteiger charge is 2.73. The lowest BCUT2D eigenvalue weighted by Crippen LogP contribution is -2.50. The molecule has 0 atom stereocenters. The first-order valence-electron chi connectivity index (χ1n) is 10.4. The maximum absolute atomic E-state index is 14.5. The van der Waals surface area contributed by atoms with Gasteiger partial charge in [0, 0.05) is 21.2 Å². The lowest BCUT2D eigenvalue weighted by atomic mass is 9.92. The van der Waals surface area contributed by atoms with Crippen molar-refractivity contribution in [3.63, 3.8) is 0 Å². The number of hydrogen-bond acceptors (Lipinski definition) is 3. The third kappa shape index (κ3) is 6.10. The van der Waals surface area contributed by atoms with E-state index in [9.17, 15) is 57.9 Å². The second-order valence-electron chi connectivity index (χ2n) is 8.08. The summed E-state index contributed by atoms with van der Waals surface area (Å²) >= 11 is 8.19. The number of nitrogens with two attached hydrogens (primary N) is 1. The minimum Gasteiger partial charge on any atom is -0.366 e. The van der Waals surface area contributed by atoms with Gasteiger partial charge in [-0.15, -0.1) is 0 Å². The number of amides is 2. The Morgan fingerprint density at radius 3 is 1.95 bits per heavy atom. The summed E-state index contributed by atoms with van der Waals surface area (Å²) in [5, 5.41) is 1.22. The molecule has 0 bridgehead atoms. The van der Waals surface area contributed by atoms with Crippen molar-refractivity contribution in [2.45, 2.75) is 24.2 Å². The van der Waals surface area contributed by atoms with Crippen LogP contribution in [-0.2, 0) is 11.8 Å². The highest BCUT2D eigenvalue weighted by Crippen LogP contribution is 2.55. The number of carbonyl (C=O) groups excluding carboxylic acids is 2. The van der Waals surface area contributed by atoms with Gasteiger partial charge in [-0.3, -0.25) is 9.59 Å². The highest BCUT2D eigenvalue weighted by atomic mass is 79.9. The number of rotatable bonds is 5. The van der Waals surface area contributed by atoms with Crippen LogP contribution in [0.15, 0.2) is 46.9 Å². The average Bonchev–Trinajstić information content (AvgIpc) is 2.82. The molecule has 0 spiro atoms. The first kappa shape index (κ1) is 32.0. The van der Waals surface area contributed by atoms with Crippen LogP contribution in [0.2, 0.25) is 5.15 Å². The minimum atomic E-state index is -6.71. The zero-order chi connectivity index (χ0) is 31.3. The number of hydrogen-bond donors (Lipinski definition) is 2. The summed E-state index contributed by atoms with van der Waals surface area (Å²) in [4.78, 5) is 27.9. The van der Waals surface area contributed by atoms with Gasteiger partial charge in [0.2, 0.25) is 0 Å². The van der Waals surface area contributed by atoms with Crippen LogP contribution in [0.5, 0.6) is 0 Å². The largest absolute Gasteiger partial charge is 0.435 e. The normalized spacial score (nSPS) is 12.8. The van der Waals surface area contributed by atoms with Crippen LogP contribution in [0.1, 0.15) is 31.8 Å². The molecule has 1 aromatic heterocycles. The van der Waals surface area contributed by atoms with Crippen LogP contribution < -0.4 is 11.1 Å². The van der Waals surface area contributed by atoms with E-state index in [0.717, 1.165) is 24.3 Å². The van der Waals surface area contributed by atoms with E-state index in [1.165, 1.54) is 0 Å². The molecule has 1 heterocycles. The van der Waals surface area contributed by atoms with Crippen LogP contribution in [0.4, 0.5) is 54.0 Å². The Morgan fingerprint density at radius 1 is 0.878 bits per heavy atom. The molecule has 220 valence electrons. The summed E-state index contributed by atoms with van der Waals surface area (Å²) in [5.74, 6) is -3.43. The fourth-order valence-corrected chi connectivity index (χ4v) is 4.27. The first-order chi connectivity index (χ1) is 18.6. The van der Waals surface area contributed by atoms with Crippen molar-refractivity contribution in [3.8, 4) is 11.3 Å². The zero-order valence-corrected chi connectivity index (χ0v) is 21.6.